The fraction of sp³-hybridized carbons (Fsp3) is 0.483. The monoisotopic (exact) mass is 550 g/mol. The maximum atomic E-state index is 13.3. The number of aryl methyl sites for hydroxylation is 2. The van der Waals surface area contributed by atoms with Gasteiger partial charge >= 0.3 is 0 Å². The summed E-state index contributed by atoms with van der Waals surface area (Å²) in [5.74, 6) is 0.757. The van der Waals surface area contributed by atoms with Crippen LogP contribution in [0.1, 0.15) is 52.5 Å². The Bertz CT molecular complexity index is 1470. The van der Waals surface area contributed by atoms with Crippen LogP contribution in [0.5, 0.6) is 0 Å². The molecule has 1 aromatic carbocycles. The molecule has 0 saturated carbocycles. The molecule has 2 saturated heterocycles. The van der Waals surface area contributed by atoms with Crippen LogP contribution in [-0.4, -0.2) is 82.9 Å². The van der Waals surface area contributed by atoms with E-state index in [0.29, 0.717) is 31.1 Å². The van der Waals surface area contributed by atoms with Crippen LogP contribution in [0.25, 0.3) is 11.0 Å². The number of fused-ring (bicyclic) bond motifs is 1. The van der Waals surface area contributed by atoms with E-state index in [0.717, 1.165) is 66.8 Å². The summed E-state index contributed by atoms with van der Waals surface area (Å²) in [4.78, 5) is 27.1. The van der Waals surface area contributed by atoms with Crippen molar-refractivity contribution in [1.82, 2.24) is 24.3 Å². The third-order valence-corrected chi connectivity index (χ3v) is 9.36. The molecule has 1 N–H and O–H groups in total. The summed E-state index contributed by atoms with van der Waals surface area (Å²) in [5, 5.41) is 3.11. The van der Waals surface area contributed by atoms with Crippen LogP contribution in [0.4, 0.5) is 5.95 Å². The average molecular weight is 551 g/mol. The first kappa shape index (κ1) is 27.5. The third kappa shape index (κ3) is 6.40. The first-order valence-corrected chi connectivity index (χ1v) is 15.6. The first-order valence-electron chi connectivity index (χ1n) is 13.7. The average Bonchev–Trinajstić information content (AvgIpc) is 3.08. The van der Waals surface area contributed by atoms with Crippen molar-refractivity contribution in [2.75, 3.05) is 49.5 Å². The normalized spacial score (nSPS) is 20.5. The molecule has 2 aliphatic rings. The maximum Gasteiger partial charge on any atom is 0.258 e. The predicted molar refractivity (Wildman–Crippen MR) is 155 cm³/mol. The van der Waals surface area contributed by atoms with Crippen LogP contribution in [0.15, 0.2) is 43.1 Å². The molecule has 1 amide bonds. The Kier molecular flexibility index (Phi) is 8.16. The molecule has 2 aliphatic heterocycles. The van der Waals surface area contributed by atoms with Gasteiger partial charge in [-0.1, -0.05) is 18.6 Å². The minimum absolute atomic E-state index is 0.156. The zero-order valence-corrected chi connectivity index (χ0v) is 23.7. The van der Waals surface area contributed by atoms with Crippen molar-refractivity contribution >= 4 is 32.7 Å². The van der Waals surface area contributed by atoms with Gasteiger partial charge in [0.1, 0.15) is 0 Å². The van der Waals surface area contributed by atoms with E-state index in [1.807, 2.05) is 13.0 Å². The number of nitrogens with zero attached hydrogens (tertiary/aromatic N) is 5. The molecule has 0 aliphatic carbocycles. The van der Waals surface area contributed by atoms with Gasteiger partial charge < -0.3 is 4.57 Å². The maximum absolute atomic E-state index is 13.3. The molecule has 9 nitrogen and oxygen atoms in total. The standard InChI is InChI=1S/C29H38N6O3S/c1-4-10-33-11-6-5-7-25(20-33)35-27-21(2)16-23(19-34-12-14-39(37,38)15-13-34)18-26(27)31-29(35)32-28(36)24-8-9-30-22(3)17-24/h4,8-9,16-18,25H,1,5-7,10-15,19-20H2,2-3H3,(H,31,32,36)/t25-/m1/s1. The summed E-state index contributed by atoms with van der Waals surface area (Å²) in [6, 6.07) is 7.92. The third-order valence-electron chi connectivity index (χ3n) is 7.75. The smallest absolute Gasteiger partial charge is 0.258 e. The van der Waals surface area contributed by atoms with Gasteiger partial charge in [-0.25, -0.2) is 13.4 Å². The Morgan fingerprint density at radius 2 is 1.92 bits per heavy atom. The molecule has 1 atom stereocenters. The summed E-state index contributed by atoms with van der Waals surface area (Å²) in [6.07, 6.45) is 6.83. The number of hydrogen-bond acceptors (Lipinski definition) is 7. The van der Waals surface area contributed by atoms with Crippen molar-refractivity contribution in [1.29, 1.82) is 0 Å². The molecule has 3 aromatic rings. The molecule has 5 rings (SSSR count). The van der Waals surface area contributed by atoms with Crippen molar-refractivity contribution in [3.8, 4) is 0 Å². The lowest BCUT2D eigenvalue weighted by molar-refractivity contribution is 0.102. The summed E-state index contributed by atoms with van der Waals surface area (Å²) >= 11 is 0. The predicted octanol–water partition coefficient (Wildman–Crippen LogP) is 3.74. The summed E-state index contributed by atoms with van der Waals surface area (Å²) in [5.41, 5.74) is 5.40. The van der Waals surface area contributed by atoms with Gasteiger partial charge in [0.05, 0.1) is 22.5 Å². The van der Waals surface area contributed by atoms with Crippen molar-refractivity contribution < 1.29 is 13.2 Å². The van der Waals surface area contributed by atoms with E-state index >= 15 is 0 Å². The number of hydrogen-bond donors (Lipinski definition) is 1. The molecule has 0 unspecified atom stereocenters. The molecule has 10 heteroatoms. The number of benzene rings is 1. The number of carbonyl (C=O) groups is 1. The number of aromatic nitrogens is 3. The highest BCUT2D eigenvalue weighted by Gasteiger charge is 2.27. The summed E-state index contributed by atoms with van der Waals surface area (Å²) in [6.45, 7) is 12.4. The number of pyridine rings is 1. The SMILES string of the molecule is C=CCN1CCCC[C@@H](n2c(NC(=O)c3ccnc(C)c3)nc3cc(CN4CCS(=O)(=O)CC4)cc(C)c32)C1. The second kappa shape index (κ2) is 11.6. The highest BCUT2D eigenvalue weighted by Crippen LogP contribution is 2.33. The highest BCUT2D eigenvalue weighted by molar-refractivity contribution is 7.91. The Balaban J connectivity index is 1.52. The van der Waals surface area contributed by atoms with Crippen LogP contribution in [0.3, 0.4) is 0 Å². The van der Waals surface area contributed by atoms with Crippen LogP contribution >= 0.6 is 0 Å². The number of sulfone groups is 1. The minimum atomic E-state index is -2.93. The number of amides is 1. The Morgan fingerprint density at radius 1 is 1.13 bits per heavy atom. The summed E-state index contributed by atoms with van der Waals surface area (Å²) < 4.78 is 26.0. The molecule has 39 heavy (non-hydrogen) atoms. The molecule has 0 bridgehead atoms. The summed E-state index contributed by atoms with van der Waals surface area (Å²) in [7, 11) is -2.93. The van der Waals surface area contributed by atoms with Gasteiger partial charge in [0.15, 0.2) is 9.84 Å². The molecular weight excluding hydrogens is 512 g/mol. The molecule has 2 fully saturated rings. The van der Waals surface area contributed by atoms with Gasteiger partial charge in [-0.2, -0.15) is 0 Å². The number of likely N-dealkylation sites (tertiary alicyclic amines) is 1. The zero-order valence-electron chi connectivity index (χ0n) is 22.9. The van der Waals surface area contributed by atoms with Gasteiger partial charge in [-0.3, -0.25) is 24.9 Å². The van der Waals surface area contributed by atoms with Gasteiger partial charge in [-0.15, -0.1) is 6.58 Å². The van der Waals surface area contributed by atoms with Gasteiger partial charge in [0.25, 0.3) is 5.91 Å². The van der Waals surface area contributed by atoms with Gasteiger partial charge in [0, 0.05) is 56.2 Å². The molecular formula is C29H38N6O3S. The fourth-order valence-corrected chi connectivity index (χ4v) is 7.10. The lowest BCUT2D eigenvalue weighted by atomic mass is 10.1. The number of anilines is 1. The fourth-order valence-electron chi connectivity index (χ4n) is 5.82. The minimum Gasteiger partial charge on any atom is -0.305 e. The van der Waals surface area contributed by atoms with Crippen molar-refractivity contribution in [3.05, 3.63) is 65.5 Å². The van der Waals surface area contributed by atoms with E-state index in [9.17, 15) is 13.2 Å². The van der Waals surface area contributed by atoms with E-state index in [2.05, 4.69) is 50.3 Å². The van der Waals surface area contributed by atoms with Crippen molar-refractivity contribution in [2.24, 2.45) is 0 Å². The number of imidazole rings is 1. The second-order valence-corrected chi connectivity index (χ2v) is 13.2. The van der Waals surface area contributed by atoms with Crippen LogP contribution < -0.4 is 5.32 Å². The number of carbonyl (C=O) groups excluding carboxylic acids is 1. The number of rotatable bonds is 7. The van der Waals surface area contributed by atoms with Crippen LogP contribution in [0.2, 0.25) is 0 Å². The molecule has 4 heterocycles. The highest BCUT2D eigenvalue weighted by atomic mass is 32.2. The topological polar surface area (TPSA) is 100 Å². The van der Waals surface area contributed by atoms with E-state index in [-0.39, 0.29) is 23.5 Å². The lowest BCUT2D eigenvalue weighted by Crippen LogP contribution is -2.39. The Hall–Kier alpha value is -3.08. The number of nitrogens with one attached hydrogen (secondary N) is 1. The van der Waals surface area contributed by atoms with E-state index in [1.165, 1.54) is 0 Å². The zero-order chi connectivity index (χ0) is 27.6. The molecule has 2 aromatic heterocycles. The van der Waals surface area contributed by atoms with E-state index < -0.39 is 9.84 Å². The lowest BCUT2D eigenvalue weighted by Gasteiger charge is -2.27. The van der Waals surface area contributed by atoms with Crippen molar-refractivity contribution in [2.45, 2.75) is 45.7 Å². The Morgan fingerprint density at radius 3 is 2.67 bits per heavy atom. The largest absolute Gasteiger partial charge is 0.305 e. The van der Waals surface area contributed by atoms with Gasteiger partial charge in [0.2, 0.25) is 5.95 Å². The van der Waals surface area contributed by atoms with Crippen LogP contribution in [0, 0.1) is 13.8 Å². The van der Waals surface area contributed by atoms with E-state index in [4.69, 9.17) is 4.98 Å². The molecule has 0 radical (unpaired) electrons. The molecule has 0 spiro atoms. The first-order chi connectivity index (χ1) is 18.7. The van der Waals surface area contributed by atoms with E-state index in [1.54, 1.807) is 18.3 Å². The molecule has 208 valence electrons. The second-order valence-electron chi connectivity index (χ2n) is 10.9. The Labute approximate surface area is 230 Å². The van der Waals surface area contributed by atoms with Crippen molar-refractivity contribution in [3.63, 3.8) is 0 Å². The quantitative estimate of drug-likeness (QED) is 0.447. The van der Waals surface area contributed by atoms with Crippen LogP contribution in [-0.2, 0) is 16.4 Å². The van der Waals surface area contributed by atoms with Gasteiger partial charge in [-0.05, 0) is 62.6 Å².